The van der Waals surface area contributed by atoms with E-state index in [1.54, 1.807) is 0 Å². The first-order valence-electron chi connectivity index (χ1n) is 8.21. The Hall–Kier alpha value is -1.51. The smallest absolute Gasteiger partial charge is 0.263 e. The zero-order valence-electron chi connectivity index (χ0n) is 13.1. The van der Waals surface area contributed by atoms with Crippen molar-refractivity contribution in [2.75, 3.05) is 13.1 Å². The number of ether oxygens (including phenoxy) is 1. The molecule has 0 unspecified atom stereocenters. The molecule has 3 nitrogen and oxygen atoms in total. The third-order valence-electron chi connectivity index (χ3n) is 4.83. The SMILES string of the molecule is CC1CCN(C(=O)[C@@H](C)Oc2ccc3c(c2)CCC3)CC1. The van der Waals surface area contributed by atoms with Crippen molar-refractivity contribution in [3.63, 3.8) is 0 Å². The maximum atomic E-state index is 12.4. The predicted octanol–water partition coefficient (Wildman–Crippen LogP) is 3.20. The molecule has 2 aliphatic rings. The van der Waals surface area contributed by atoms with Crippen LogP contribution in [-0.4, -0.2) is 30.0 Å². The second-order valence-corrected chi connectivity index (χ2v) is 6.55. The summed E-state index contributed by atoms with van der Waals surface area (Å²) in [5, 5.41) is 0. The molecule has 1 amide bonds. The number of benzene rings is 1. The van der Waals surface area contributed by atoms with Crippen molar-refractivity contribution in [1.82, 2.24) is 4.90 Å². The fourth-order valence-electron chi connectivity index (χ4n) is 3.36. The van der Waals surface area contributed by atoms with Crippen molar-refractivity contribution in [2.45, 2.75) is 52.1 Å². The van der Waals surface area contributed by atoms with Gasteiger partial charge in [-0.05, 0) is 68.2 Å². The number of carbonyl (C=O) groups excluding carboxylic acids is 1. The molecular weight excluding hydrogens is 262 g/mol. The highest BCUT2D eigenvalue weighted by molar-refractivity contribution is 5.81. The summed E-state index contributed by atoms with van der Waals surface area (Å²) in [5.41, 5.74) is 2.82. The van der Waals surface area contributed by atoms with Crippen LogP contribution in [0.1, 0.15) is 44.2 Å². The third kappa shape index (κ3) is 3.22. The Balaban J connectivity index is 1.60. The van der Waals surface area contributed by atoms with Gasteiger partial charge in [0.1, 0.15) is 5.75 Å². The topological polar surface area (TPSA) is 29.5 Å². The van der Waals surface area contributed by atoms with Crippen LogP contribution in [0.15, 0.2) is 18.2 Å². The van der Waals surface area contributed by atoms with E-state index >= 15 is 0 Å². The van der Waals surface area contributed by atoms with E-state index in [1.165, 1.54) is 24.0 Å². The molecule has 3 heteroatoms. The average Bonchev–Trinajstić information content (AvgIpc) is 2.95. The Labute approximate surface area is 127 Å². The minimum Gasteiger partial charge on any atom is -0.481 e. The number of rotatable bonds is 3. The predicted molar refractivity (Wildman–Crippen MR) is 83.5 cm³/mol. The summed E-state index contributed by atoms with van der Waals surface area (Å²) in [4.78, 5) is 14.4. The van der Waals surface area contributed by atoms with Gasteiger partial charge in [-0.1, -0.05) is 13.0 Å². The lowest BCUT2D eigenvalue weighted by Gasteiger charge is -2.32. The largest absolute Gasteiger partial charge is 0.481 e. The first-order valence-corrected chi connectivity index (χ1v) is 8.21. The molecule has 0 saturated carbocycles. The number of hydrogen-bond acceptors (Lipinski definition) is 2. The Bertz CT molecular complexity index is 518. The van der Waals surface area contributed by atoms with Crippen LogP contribution in [-0.2, 0) is 17.6 Å². The Morgan fingerprint density at radius 2 is 1.95 bits per heavy atom. The summed E-state index contributed by atoms with van der Waals surface area (Å²) in [6.07, 6.45) is 5.38. The fourth-order valence-corrected chi connectivity index (χ4v) is 3.36. The van der Waals surface area contributed by atoms with Crippen LogP contribution < -0.4 is 4.74 Å². The normalized spacial score (nSPS) is 20.2. The first kappa shape index (κ1) is 14.4. The third-order valence-corrected chi connectivity index (χ3v) is 4.83. The summed E-state index contributed by atoms with van der Waals surface area (Å²) < 4.78 is 5.89. The minimum absolute atomic E-state index is 0.127. The van der Waals surface area contributed by atoms with Gasteiger partial charge in [0.15, 0.2) is 6.10 Å². The highest BCUT2D eigenvalue weighted by Gasteiger charge is 2.25. The van der Waals surface area contributed by atoms with E-state index < -0.39 is 6.10 Å². The van der Waals surface area contributed by atoms with Crippen molar-refractivity contribution in [3.8, 4) is 5.75 Å². The van der Waals surface area contributed by atoms with Crippen LogP contribution in [0.5, 0.6) is 5.75 Å². The van der Waals surface area contributed by atoms with E-state index in [4.69, 9.17) is 4.74 Å². The molecule has 3 rings (SSSR count). The second kappa shape index (κ2) is 6.08. The van der Waals surface area contributed by atoms with Crippen LogP contribution in [0.25, 0.3) is 0 Å². The Morgan fingerprint density at radius 1 is 1.24 bits per heavy atom. The molecule has 1 saturated heterocycles. The van der Waals surface area contributed by atoms with Crippen molar-refractivity contribution < 1.29 is 9.53 Å². The maximum Gasteiger partial charge on any atom is 0.263 e. The molecule has 21 heavy (non-hydrogen) atoms. The van der Waals surface area contributed by atoms with Crippen molar-refractivity contribution >= 4 is 5.91 Å². The van der Waals surface area contributed by atoms with Crippen LogP contribution in [0.2, 0.25) is 0 Å². The number of likely N-dealkylation sites (tertiary alicyclic amines) is 1. The van der Waals surface area contributed by atoms with Gasteiger partial charge in [-0.25, -0.2) is 0 Å². The van der Waals surface area contributed by atoms with Gasteiger partial charge in [-0.2, -0.15) is 0 Å². The number of hydrogen-bond donors (Lipinski definition) is 0. The van der Waals surface area contributed by atoms with Crippen molar-refractivity contribution in [2.24, 2.45) is 5.92 Å². The van der Waals surface area contributed by atoms with Gasteiger partial charge >= 0.3 is 0 Å². The standard InChI is InChI=1S/C18H25NO2/c1-13-8-10-19(11-9-13)18(20)14(2)21-17-7-6-15-4-3-5-16(15)12-17/h6-7,12-14H,3-5,8-11H2,1-2H3/t14-/m1/s1. The minimum atomic E-state index is -0.391. The van der Waals surface area contributed by atoms with Crippen molar-refractivity contribution in [3.05, 3.63) is 29.3 Å². The molecule has 1 fully saturated rings. The molecular formula is C18H25NO2. The number of carbonyl (C=O) groups is 1. The Morgan fingerprint density at radius 3 is 2.71 bits per heavy atom. The molecule has 1 aliphatic carbocycles. The average molecular weight is 287 g/mol. The molecule has 1 atom stereocenters. The van der Waals surface area contributed by atoms with Gasteiger partial charge in [-0.3, -0.25) is 4.79 Å². The molecule has 1 aromatic carbocycles. The van der Waals surface area contributed by atoms with Crippen LogP contribution in [0, 0.1) is 5.92 Å². The number of piperidine rings is 1. The zero-order chi connectivity index (χ0) is 14.8. The summed E-state index contributed by atoms with van der Waals surface area (Å²) in [6, 6.07) is 6.27. The molecule has 1 heterocycles. The van der Waals surface area contributed by atoms with E-state index in [9.17, 15) is 4.79 Å². The van der Waals surface area contributed by atoms with Gasteiger partial charge in [0.05, 0.1) is 0 Å². The molecule has 0 N–H and O–H groups in total. The van der Waals surface area contributed by atoms with Crippen LogP contribution in [0.3, 0.4) is 0 Å². The van der Waals surface area contributed by atoms with Gasteiger partial charge in [0.2, 0.25) is 0 Å². The maximum absolute atomic E-state index is 12.4. The molecule has 1 aromatic rings. The monoisotopic (exact) mass is 287 g/mol. The summed E-state index contributed by atoms with van der Waals surface area (Å²) in [7, 11) is 0. The van der Waals surface area contributed by atoms with E-state index in [-0.39, 0.29) is 5.91 Å². The van der Waals surface area contributed by atoms with Crippen LogP contribution in [0.4, 0.5) is 0 Å². The van der Waals surface area contributed by atoms with E-state index in [2.05, 4.69) is 19.1 Å². The van der Waals surface area contributed by atoms with Gasteiger partial charge in [0.25, 0.3) is 5.91 Å². The zero-order valence-corrected chi connectivity index (χ0v) is 13.1. The molecule has 0 aromatic heterocycles. The lowest BCUT2D eigenvalue weighted by Crippen LogP contribution is -2.44. The van der Waals surface area contributed by atoms with E-state index in [0.717, 1.165) is 44.0 Å². The van der Waals surface area contributed by atoms with E-state index in [1.807, 2.05) is 17.9 Å². The molecule has 0 spiro atoms. The Kier molecular flexibility index (Phi) is 4.18. The summed E-state index contributed by atoms with van der Waals surface area (Å²) >= 11 is 0. The lowest BCUT2D eigenvalue weighted by molar-refractivity contribution is -0.139. The lowest BCUT2D eigenvalue weighted by atomic mass is 9.99. The number of fused-ring (bicyclic) bond motifs is 1. The van der Waals surface area contributed by atoms with Crippen LogP contribution >= 0.6 is 0 Å². The quantitative estimate of drug-likeness (QED) is 0.854. The molecule has 0 bridgehead atoms. The van der Waals surface area contributed by atoms with Gasteiger partial charge in [0, 0.05) is 13.1 Å². The highest BCUT2D eigenvalue weighted by Crippen LogP contribution is 2.27. The van der Waals surface area contributed by atoms with Gasteiger partial charge < -0.3 is 9.64 Å². The first-order chi connectivity index (χ1) is 10.1. The number of amides is 1. The second-order valence-electron chi connectivity index (χ2n) is 6.55. The van der Waals surface area contributed by atoms with E-state index in [0.29, 0.717) is 0 Å². The molecule has 114 valence electrons. The fraction of sp³-hybridized carbons (Fsp3) is 0.611. The van der Waals surface area contributed by atoms with Gasteiger partial charge in [-0.15, -0.1) is 0 Å². The summed E-state index contributed by atoms with van der Waals surface area (Å²) in [6.45, 7) is 5.87. The molecule has 0 radical (unpaired) electrons. The number of nitrogens with zero attached hydrogens (tertiary/aromatic N) is 1. The van der Waals surface area contributed by atoms with Crippen molar-refractivity contribution in [1.29, 1.82) is 0 Å². The molecule has 1 aliphatic heterocycles. The number of aryl methyl sites for hydroxylation is 2. The highest BCUT2D eigenvalue weighted by atomic mass is 16.5. The summed E-state index contributed by atoms with van der Waals surface area (Å²) in [5.74, 6) is 1.70.